The molecular formula is C17H29N3O2. The minimum absolute atomic E-state index is 0.153. The average Bonchev–Trinajstić information content (AvgIpc) is 3.15. The zero-order chi connectivity index (χ0) is 16.2. The molecule has 1 saturated carbocycles. The summed E-state index contributed by atoms with van der Waals surface area (Å²) in [7, 11) is 0. The number of ether oxygens (including phenoxy) is 1. The standard InChI is InChI=1S/C17H29N3O2/c1-5-20-10-6-7-14(20)11-18-12-15(13-8-9-13)19-16(21)22-17(2,3)4/h6-7,10,13,15,18H,5,8-9,11-12H2,1-4H3,(H,19,21). The maximum Gasteiger partial charge on any atom is 0.407 e. The lowest BCUT2D eigenvalue weighted by atomic mass is 10.2. The van der Waals surface area contributed by atoms with Crippen molar-refractivity contribution in [2.45, 2.75) is 65.3 Å². The fourth-order valence-electron chi connectivity index (χ4n) is 2.57. The maximum absolute atomic E-state index is 11.9. The van der Waals surface area contributed by atoms with Crippen LogP contribution in [-0.4, -0.2) is 28.8 Å². The second-order valence-corrected chi connectivity index (χ2v) is 7.01. The molecule has 0 saturated heterocycles. The molecular weight excluding hydrogens is 278 g/mol. The third-order valence-electron chi connectivity index (χ3n) is 3.83. The lowest BCUT2D eigenvalue weighted by Gasteiger charge is -2.24. The van der Waals surface area contributed by atoms with Gasteiger partial charge in [-0.2, -0.15) is 0 Å². The Hall–Kier alpha value is -1.49. The van der Waals surface area contributed by atoms with E-state index in [0.717, 1.165) is 19.6 Å². The molecule has 1 fully saturated rings. The molecule has 2 N–H and O–H groups in total. The molecule has 5 nitrogen and oxygen atoms in total. The summed E-state index contributed by atoms with van der Waals surface area (Å²) in [6.45, 7) is 10.4. The van der Waals surface area contributed by atoms with Gasteiger partial charge in [0.1, 0.15) is 5.60 Å². The van der Waals surface area contributed by atoms with Gasteiger partial charge >= 0.3 is 6.09 Å². The van der Waals surface area contributed by atoms with Crippen LogP contribution in [0.15, 0.2) is 18.3 Å². The Morgan fingerprint density at radius 1 is 1.45 bits per heavy atom. The van der Waals surface area contributed by atoms with Gasteiger partial charge in [-0.3, -0.25) is 0 Å². The van der Waals surface area contributed by atoms with Gasteiger partial charge in [-0.1, -0.05) is 0 Å². The van der Waals surface area contributed by atoms with Crippen molar-refractivity contribution < 1.29 is 9.53 Å². The van der Waals surface area contributed by atoms with Gasteiger partial charge in [0, 0.05) is 37.6 Å². The van der Waals surface area contributed by atoms with Crippen molar-refractivity contribution in [3.05, 3.63) is 24.0 Å². The van der Waals surface area contributed by atoms with E-state index >= 15 is 0 Å². The lowest BCUT2D eigenvalue weighted by Crippen LogP contribution is -2.45. The van der Waals surface area contributed by atoms with Gasteiger partial charge in [0.15, 0.2) is 0 Å². The molecule has 1 aromatic rings. The van der Waals surface area contributed by atoms with Crippen molar-refractivity contribution in [2.75, 3.05) is 6.54 Å². The number of rotatable bonds is 7. The van der Waals surface area contributed by atoms with E-state index in [0.29, 0.717) is 5.92 Å². The number of amides is 1. The van der Waals surface area contributed by atoms with E-state index in [-0.39, 0.29) is 12.1 Å². The van der Waals surface area contributed by atoms with Crippen LogP contribution in [0, 0.1) is 5.92 Å². The van der Waals surface area contributed by atoms with E-state index in [1.165, 1.54) is 18.5 Å². The predicted octanol–water partition coefficient (Wildman–Crippen LogP) is 2.90. The molecule has 22 heavy (non-hydrogen) atoms. The Morgan fingerprint density at radius 2 is 2.18 bits per heavy atom. The molecule has 0 bridgehead atoms. The first-order chi connectivity index (χ1) is 10.4. The molecule has 1 aromatic heterocycles. The monoisotopic (exact) mass is 307 g/mol. The molecule has 1 unspecified atom stereocenters. The molecule has 0 aromatic carbocycles. The minimum atomic E-state index is -0.451. The Kier molecular flexibility index (Phi) is 5.51. The summed E-state index contributed by atoms with van der Waals surface area (Å²) in [4.78, 5) is 11.9. The molecule has 0 aliphatic heterocycles. The molecule has 5 heteroatoms. The van der Waals surface area contributed by atoms with Crippen LogP contribution in [0.5, 0.6) is 0 Å². The predicted molar refractivity (Wildman–Crippen MR) is 87.7 cm³/mol. The number of nitrogens with one attached hydrogen (secondary N) is 2. The normalized spacial score (nSPS) is 16.4. The largest absolute Gasteiger partial charge is 0.444 e. The lowest BCUT2D eigenvalue weighted by molar-refractivity contribution is 0.0497. The molecule has 1 amide bonds. The van der Waals surface area contributed by atoms with Crippen LogP contribution in [0.2, 0.25) is 0 Å². The fourth-order valence-corrected chi connectivity index (χ4v) is 2.57. The van der Waals surface area contributed by atoms with Crippen LogP contribution >= 0.6 is 0 Å². The maximum atomic E-state index is 11.9. The highest BCUT2D eigenvalue weighted by Crippen LogP contribution is 2.32. The first kappa shape index (κ1) is 16.9. The van der Waals surface area contributed by atoms with Gasteiger partial charge in [-0.25, -0.2) is 4.79 Å². The van der Waals surface area contributed by atoms with E-state index < -0.39 is 5.60 Å². The summed E-state index contributed by atoms with van der Waals surface area (Å²) < 4.78 is 7.58. The second kappa shape index (κ2) is 7.18. The van der Waals surface area contributed by atoms with Crippen molar-refractivity contribution >= 4 is 6.09 Å². The van der Waals surface area contributed by atoms with E-state index in [1.54, 1.807) is 0 Å². The summed E-state index contributed by atoms with van der Waals surface area (Å²) in [5.41, 5.74) is 0.822. The van der Waals surface area contributed by atoms with Crippen molar-refractivity contribution in [1.29, 1.82) is 0 Å². The van der Waals surface area contributed by atoms with E-state index in [2.05, 4.69) is 40.5 Å². The Bertz CT molecular complexity index is 486. The highest BCUT2D eigenvalue weighted by molar-refractivity contribution is 5.68. The minimum Gasteiger partial charge on any atom is -0.444 e. The van der Waals surface area contributed by atoms with Crippen LogP contribution < -0.4 is 10.6 Å². The number of alkyl carbamates (subject to hydrolysis) is 1. The van der Waals surface area contributed by atoms with Crippen molar-refractivity contribution in [1.82, 2.24) is 15.2 Å². The number of aromatic nitrogens is 1. The molecule has 1 aliphatic rings. The molecule has 0 spiro atoms. The second-order valence-electron chi connectivity index (χ2n) is 7.01. The van der Waals surface area contributed by atoms with Gasteiger partial charge < -0.3 is 19.9 Å². The van der Waals surface area contributed by atoms with Crippen LogP contribution in [0.1, 0.15) is 46.2 Å². The number of aryl methyl sites for hydroxylation is 1. The van der Waals surface area contributed by atoms with Crippen molar-refractivity contribution in [3.8, 4) is 0 Å². The summed E-state index contributed by atoms with van der Waals surface area (Å²) in [5.74, 6) is 0.581. The molecule has 1 heterocycles. The fraction of sp³-hybridized carbons (Fsp3) is 0.706. The number of nitrogens with zero attached hydrogens (tertiary/aromatic N) is 1. The van der Waals surface area contributed by atoms with Gasteiger partial charge in [0.2, 0.25) is 0 Å². The first-order valence-electron chi connectivity index (χ1n) is 8.23. The SMILES string of the molecule is CCn1cccc1CNCC(NC(=O)OC(C)(C)C)C1CC1. The van der Waals surface area contributed by atoms with E-state index in [9.17, 15) is 4.79 Å². The third kappa shape index (κ3) is 5.37. The van der Waals surface area contributed by atoms with Crippen molar-refractivity contribution in [2.24, 2.45) is 5.92 Å². The molecule has 1 atom stereocenters. The number of carbonyl (C=O) groups excluding carboxylic acids is 1. The van der Waals surface area contributed by atoms with Crippen LogP contribution in [-0.2, 0) is 17.8 Å². The quantitative estimate of drug-likeness (QED) is 0.814. The summed E-state index contributed by atoms with van der Waals surface area (Å²) in [6.07, 6.45) is 4.15. The van der Waals surface area contributed by atoms with E-state index in [1.807, 2.05) is 20.8 Å². The van der Waals surface area contributed by atoms with Gasteiger partial charge in [0.05, 0.1) is 0 Å². The van der Waals surface area contributed by atoms with Crippen LogP contribution in [0.3, 0.4) is 0 Å². The summed E-state index contributed by atoms with van der Waals surface area (Å²) >= 11 is 0. The Balaban J connectivity index is 1.79. The average molecular weight is 307 g/mol. The zero-order valence-electron chi connectivity index (χ0n) is 14.2. The smallest absolute Gasteiger partial charge is 0.407 e. The third-order valence-corrected chi connectivity index (χ3v) is 3.83. The topological polar surface area (TPSA) is 55.3 Å². The molecule has 124 valence electrons. The van der Waals surface area contributed by atoms with Gasteiger partial charge in [-0.05, 0) is 58.6 Å². The first-order valence-corrected chi connectivity index (χ1v) is 8.23. The summed E-state index contributed by atoms with van der Waals surface area (Å²) in [5, 5.41) is 6.47. The van der Waals surface area contributed by atoms with Crippen LogP contribution in [0.4, 0.5) is 4.79 Å². The zero-order valence-corrected chi connectivity index (χ0v) is 14.2. The van der Waals surface area contributed by atoms with Gasteiger partial charge in [-0.15, -0.1) is 0 Å². The van der Waals surface area contributed by atoms with E-state index in [4.69, 9.17) is 4.74 Å². The van der Waals surface area contributed by atoms with Crippen LogP contribution in [0.25, 0.3) is 0 Å². The number of carbonyl (C=O) groups is 1. The Morgan fingerprint density at radius 3 is 2.77 bits per heavy atom. The highest BCUT2D eigenvalue weighted by atomic mass is 16.6. The summed E-state index contributed by atoms with van der Waals surface area (Å²) in [6, 6.07) is 4.35. The Labute approximate surface area is 133 Å². The molecule has 2 rings (SSSR count). The number of hydrogen-bond donors (Lipinski definition) is 2. The van der Waals surface area contributed by atoms with Crippen molar-refractivity contribution in [3.63, 3.8) is 0 Å². The highest BCUT2D eigenvalue weighted by Gasteiger charge is 2.33. The molecule has 0 radical (unpaired) electrons. The molecule has 1 aliphatic carbocycles. The van der Waals surface area contributed by atoms with Gasteiger partial charge in [0.25, 0.3) is 0 Å². The number of hydrogen-bond acceptors (Lipinski definition) is 3.